The Bertz CT molecular complexity index is 1470. The monoisotopic (exact) mass is 509 g/mol. The number of fused-ring (bicyclic) bond motifs is 1. The largest absolute Gasteiger partial charge is 0.493 e. The van der Waals surface area contributed by atoms with Gasteiger partial charge in [-0.05, 0) is 41.0 Å². The number of ether oxygens (including phenoxy) is 3. The van der Waals surface area contributed by atoms with Crippen LogP contribution in [0.15, 0.2) is 95.9 Å². The van der Waals surface area contributed by atoms with Gasteiger partial charge in [0.05, 0.1) is 18.0 Å². The number of nitrogens with zero attached hydrogens (tertiary/aromatic N) is 2. The third-order valence-electron chi connectivity index (χ3n) is 6.50. The van der Waals surface area contributed by atoms with Crippen LogP contribution in [0.5, 0.6) is 5.75 Å². The lowest BCUT2D eigenvalue weighted by Gasteiger charge is -2.15. The van der Waals surface area contributed by atoms with Gasteiger partial charge in [0.15, 0.2) is 12.1 Å². The van der Waals surface area contributed by atoms with Gasteiger partial charge in [-0.2, -0.15) is 0 Å². The molecule has 0 spiro atoms. The topological polar surface area (TPSA) is 78.4 Å². The zero-order chi connectivity index (χ0) is 26.3. The van der Waals surface area contributed by atoms with Crippen LogP contribution in [0, 0.1) is 0 Å². The molecule has 0 bridgehead atoms. The SMILES string of the molecule is COC(CCOc1ccc(-c2cn3c(=O)c(Cc4ccccc4)nc-3c(Cc3ccccc3)[nH]2)cc1)OC. The van der Waals surface area contributed by atoms with E-state index in [1.165, 1.54) is 0 Å². The van der Waals surface area contributed by atoms with E-state index in [4.69, 9.17) is 19.2 Å². The number of hydrogen-bond donors (Lipinski definition) is 1. The highest BCUT2D eigenvalue weighted by molar-refractivity contribution is 5.61. The number of aromatic amines is 1. The first-order valence-electron chi connectivity index (χ1n) is 12.6. The molecule has 194 valence electrons. The summed E-state index contributed by atoms with van der Waals surface area (Å²) in [7, 11) is 3.22. The van der Waals surface area contributed by atoms with Crippen molar-refractivity contribution in [1.82, 2.24) is 14.5 Å². The fourth-order valence-corrected chi connectivity index (χ4v) is 4.49. The Morgan fingerprint density at radius 2 is 1.47 bits per heavy atom. The minimum atomic E-state index is -0.290. The summed E-state index contributed by atoms with van der Waals surface area (Å²) >= 11 is 0. The molecule has 0 atom stereocenters. The molecule has 0 amide bonds. The third kappa shape index (κ3) is 5.85. The van der Waals surface area contributed by atoms with Gasteiger partial charge in [0.2, 0.25) is 0 Å². The number of benzene rings is 3. The number of methoxy groups -OCH3 is 2. The summed E-state index contributed by atoms with van der Waals surface area (Å²) in [6, 6.07) is 27.9. The van der Waals surface area contributed by atoms with E-state index in [-0.39, 0.29) is 11.8 Å². The molecule has 0 aromatic heterocycles. The molecule has 7 nitrogen and oxygen atoms in total. The molecular formula is C31H31N3O4. The molecule has 0 unspecified atom stereocenters. The molecule has 0 saturated carbocycles. The van der Waals surface area contributed by atoms with E-state index in [2.05, 4.69) is 17.1 Å². The lowest BCUT2D eigenvalue weighted by molar-refractivity contribution is -0.110. The Kier molecular flexibility index (Phi) is 7.97. The van der Waals surface area contributed by atoms with E-state index in [1.807, 2.05) is 79.0 Å². The second-order valence-electron chi connectivity index (χ2n) is 9.09. The number of hydrogen-bond acceptors (Lipinski definition) is 5. The van der Waals surface area contributed by atoms with Crippen LogP contribution in [0.2, 0.25) is 0 Å². The second-order valence-corrected chi connectivity index (χ2v) is 9.09. The molecule has 3 aromatic rings. The third-order valence-corrected chi connectivity index (χ3v) is 6.50. The summed E-state index contributed by atoms with van der Waals surface area (Å²) in [5, 5.41) is 0. The van der Waals surface area contributed by atoms with Gasteiger partial charge in [0, 0.05) is 39.7 Å². The van der Waals surface area contributed by atoms with Crippen LogP contribution < -0.4 is 10.3 Å². The predicted molar refractivity (Wildman–Crippen MR) is 147 cm³/mol. The van der Waals surface area contributed by atoms with Crippen molar-refractivity contribution < 1.29 is 14.2 Å². The molecule has 38 heavy (non-hydrogen) atoms. The molecule has 2 heterocycles. The zero-order valence-corrected chi connectivity index (χ0v) is 21.6. The van der Waals surface area contributed by atoms with Crippen molar-refractivity contribution in [2.75, 3.05) is 20.8 Å². The van der Waals surface area contributed by atoms with Crippen LogP contribution in [0.4, 0.5) is 0 Å². The fraction of sp³-hybridized carbons (Fsp3) is 0.226. The van der Waals surface area contributed by atoms with Gasteiger partial charge >= 0.3 is 0 Å². The van der Waals surface area contributed by atoms with E-state index < -0.39 is 0 Å². The van der Waals surface area contributed by atoms with Crippen molar-refractivity contribution in [2.45, 2.75) is 25.6 Å². The standard InChI is InChI=1S/C31H31N3O4/c1-36-29(37-2)17-18-38-25-15-13-24(14-16-25)28-21-34-30(26(32-28)19-22-9-5-3-6-10-22)33-27(31(34)35)20-23-11-7-4-8-12-23/h3-16,21,29,32H,17-20H2,1-2H3. The Balaban J connectivity index is 1.46. The number of imidazole rings is 1. The Hall–Kier alpha value is -4.20. The van der Waals surface area contributed by atoms with Crippen molar-refractivity contribution in [3.05, 3.63) is 124 Å². The molecule has 0 saturated heterocycles. The van der Waals surface area contributed by atoms with Crippen LogP contribution >= 0.6 is 0 Å². The first kappa shape index (κ1) is 25.4. The van der Waals surface area contributed by atoms with Crippen LogP contribution in [0.25, 0.3) is 17.1 Å². The summed E-state index contributed by atoms with van der Waals surface area (Å²) in [6.45, 7) is 0.476. The number of aromatic nitrogens is 3. The van der Waals surface area contributed by atoms with E-state index in [1.54, 1.807) is 18.8 Å². The van der Waals surface area contributed by atoms with Crippen molar-refractivity contribution in [2.24, 2.45) is 0 Å². The molecule has 0 aliphatic carbocycles. The molecule has 2 aliphatic rings. The molecule has 2 aliphatic heterocycles. The number of rotatable bonds is 11. The lowest BCUT2D eigenvalue weighted by Crippen LogP contribution is -2.18. The summed E-state index contributed by atoms with van der Waals surface area (Å²) in [5.41, 5.74) is 5.28. The minimum Gasteiger partial charge on any atom is -0.493 e. The van der Waals surface area contributed by atoms with E-state index in [9.17, 15) is 4.79 Å². The predicted octanol–water partition coefficient (Wildman–Crippen LogP) is 5.23. The van der Waals surface area contributed by atoms with Gasteiger partial charge in [0.25, 0.3) is 5.56 Å². The van der Waals surface area contributed by atoms with E-state index >= 15 is 0 Å². The summed E-state index contributed by atoms with van der Waals surface area (Å²) in [5.74, 6) is 1.40. The smallest absolute Gasteiger partial charge is 0.278 e. The average molecular weight is 510 g/mol. The Morgan fingerprint density at radius 1 is 0.842 bits per heavy atom. The summed E-state index contributed by atoms with van der Waals surface area (Å²) in [4.78, 5) is 21.8. The highest BCUT2D eigenvalue weighted by Gasteiger charge is 2.20. The minimum absolute atomic E-state index is 0.0980. The van der Waals surface area contributed by atoms with Crippen molar-refractivity contribution in [3.8, 4) is 22.8 Å². The van der Waals surface area contributed by atoms with Crippen LogP contribution in [0.1, 0.15) is 28.9 Å². The highest BCUT2D eigenvalue weighted by Crippen LogP contribution is 2.25. The van der Waals surface area contributed by atoms with E-state index in [0.717, 1.165) is 33.8 Å². The van der Waals surface area contributed by atoms with Gasteiger partial charge < -0.3 is 19.2 Å². The van der Waals surface area contributed by atoms with Gasteiger partial charge in [-0.3, -0.25) is 9.36 Å². The Labute approximate surface area is 222 Å². The fourth-order valence-electron chi connectivity index (χ4n) is 4.49. The summed E-state index contributed by atoms with van der Waals surface area (Å²) < 4.78 is 17.9. The molecule has 0 radical (unpaired) electrons. The van der Waals surface area contributed by atoms with Gasteiger partial charge in [0.1, 0.15) is 11.4 Å². The molecule has 1 N–H and O–H groups in total. The number of nitrogens with one attached hydrogen (secondary N) is 1. The normalized spacial score (nSPS) is 11.3. The maximum atomic E-state index is 13.4. The van der Waals surface area contributed by atoms with Crippen LogP contribution in [0.3, 0.4) is 0 Å². The quantitative estimate of drug-likeness (QED) is 0.247. The molecular weight excluding hydrogens is 478 g/mol. The van der Waals surface area contributed by atoms with Crippen LogP contribution in [-0.4, -0.2) is 41.7 Å². The van der Waals surface area contributed by atoms with Crippen molar-refractivity contribution in [1.29, 1.82) is 0 Å². The van der Waals surface area contributed by atoms with E-state index in [0.29, 0.717) is 37.4 Å². The molecule has 3 aromatic carbocycles. The zero-order valence-electron chi connectivity index (χ0n) is 21.6. The molecule has 7 heteroatoms. The van der Waals surface area contributed by atoms with Crippen LogP contribution in [-0.2, 0) is 22.3 Å². The molecule has 5 rings (SSSR count). The number of H-pyrrole nitrogens is 1. The highest BCUT2D eigenvalue weighted by atomic mass is 16.7. The molecule has 0 fully saturated rings. The van der Waals surface area contributed by atoms with Crippen molar-refractivity contribution >= 4 is 0 Å². The summed E-state index contributed by atoms with van der Waals surface area (Å²) in [6.07, 6.45) is 3.29. The maximum Gasteiger partial charge on any atom is 0.278 e. The Morgan fingerprint density at radius 3 is 2.11 bits per heavy atom. The lowest BCUT2D eigenvalue weighted by atomic mass is 10.1. The first-order chi connectivity index (χ1) is 18.6. The van der Waals surface area contributed by atoms with Gasteiger partial charge in [-0.1, -0.05) is 60.7 Å². The average Bonchev–Trinajstić information content (AvgIpc) is 3.27. The second kappa shape index (κ2) is 11.9. The first-order valence-corrected chi connectivity index (χ1v) is 12.6. The van der Waals surface area contributed by atoms with Gasteiger partial charge in [-0.25, -0.2) is 4.98 Å². The van der Waals surface area contributed by atoms with Crippen molar-refractivity contribution in [3.63, 3.8) is 0 Å². The maximum absolute atomic E-state index is 13.4. The van der Waals surface area contributed by atoms with Gasteiger partial charge in [-0.15, -0.1) is 0 Å².